The average molecular weight is 328 g/mol. The van der Waals surface area contributed by atoms with Crippen molar-refractivity contribution in [2.24, 2.45) is 0 Å². The summed E-state index contributed by atoms with van der Waals surface area (Å²) >= 11 is 1.67. The lowest BCUT2D eigenvalue weighted by Crippen LogP contribution is -2.30. The highest BCUT2D eigenvalue weighted by molar-refractivity contribution is 7.13. The molecule has 4 heterocycles. The minimum Gasteiger partial charge on any atom is -0.342 e. The Morgan fingerprint density at radius 3 is 2.87 bits per heavy atom. The number of nitrogens with one attached hydrogen (secondary N) is 1. The summed E-state index contributed by atoms with van der Waals surface area (Å²) in [7, 11) is 0. The monoisotopic (exact) mass is 328 g/mol. The molecule has 23 heavy (non-hydrogen) atoms. The van der Waals surface area contributed by atoms with Crippen LogP contribution in [0.2, 0.25) is 0 Å². The summed E-state index contributed by atoms with van der Waals surface area (Å²) < 4.78 is 1.49. The van der Waals surface area contributed by atoms with E-state index < -0.39 is 0 Å². The molecule has 4 rings (SSSR count). The summed E-state index contributed by atoms with van der Waals surface area (Å²) in [5.41, 5.74) is 3.65. The molecule has 6 heteroatoms. The molecule has 0 bridgehead atoms. The molecule has 0 aliphatic carbocycles. The standard InChI is InChI=1S/C17H20N4OS/c1-12-16(14-6-5-9-23-14)17-18-13(10-15(22)21(17)19-12)11-20-7-3-2-4-8-20/h5-6,9-10,18H,2-4,7-8,11H2,1H3. The van der Waals surface area contributed by atoms with Gasteiger partial charge in [0.05, 0.1) is 11.3 Å². The van der Waals surface area contributed by atoms with E-state index >= 15 is 0 Å². The summed E-state index contributed by atoms with van der Waals surface area (Å²) in [5.74, 6) is 0. The fourth-order valence-electron chi connectivity index (χ4n) is 3.36. The molecule has 1 N–H and O–H groups in total. The lowest BCUT2D eigenvalue weighted by molar-refractivity contribution is 0.218. The Balaban J connectivity index is 1.79. The van der Waals surface area contributed by atoms with Crippen molar-refractivity contribution >= 4 is 17.0 Å². The van der Waals surface area contributed by atoms with Crippen LogP contribution in [0, 0.1) is 6.92 Å². The summed E-state index contributed by atoms with van der Waals surface area (Å²) in [5, 5.41) is 6.47. The molecule has 0 atom stereocenters. The van der Waals surface area contributed by atoms with Gasteiger partial charge in [-0.25, -0.2) is 0 Å². The highest BCUT2D eigenvalue weighted by atomic mass is 32.1. The Morgan fingerprint density at radius 1 is 1.30 bits per heavy atom. The van der Waals surface area contributed by atoms with Gasteiger partial charge in [0.2, 0.25) is 0 Å². The molecule has 3 aromatic heterocycles. The van der Waals surface area contributed by atoms with Crippen LogP contribution in [-0.2, 0) is 6.54 Å². The van der Waals surface area contributed by atoms with E-state index in [0.717, 1.165) is 47.1 Å². The van der Waals surface area contributed by atoms with Crippen molar-refractivity contribution in [1.29, 1.82) is 0 Å². The van der Waals surface area contributed by atoms with Gasteiger partial charge in [0.15, 0.2) is 0 Å². The molecular weight excluding hydrogens is 308 g/mol. The normalized spacial score (nSPS) is 16.2. The summed E-state index contributed by atoms with van der Waals surface area (Å²) in [4.78, 5) is 19.5. The number of likely N-dealkylation sites (tertiary alicyclic amines) is 1. The second-order valence-electron chi connectivity index (χ2n) is 6.17. The van der Waals surface area contributed by atoms with Gasteiger partial charge in [-0.2, -0.15) is 9.61 Å². The van der Waals surface area contributed by atoms with Crippen LogP contribution in [0.5, 0.6) is 0 Å². The summed E-state index contributed by atoms with van der Waals surface area (Å²) in [6.45, 7) is 4.99. The molecule has 1 saturated heterocycles. The zero-order chi connectivity index (χ0) is 15.8. The molecule has 0 amide bonds. The van der Waals surface area contributed by atoms with Crippen LogP contribution >= 0.6 is 11.3 Å². The lowest BCUT2D eigenvalue weighted by atomic mass is 10.1. The van der Waals surface area contributed by atoms with E-state index in [4.69, 9.17) is 0 Å². The van der Waals surface area contributed by atoms with Gasteiger partial charge in [-0.3, -0.25) is 9.69 Å². The van der Waals surface area contributed by atoms with Gasteiger partial charge >= 0.3 is 0 Å². The third-order valence-electron chi connectivity index (χ3n) is 4.46. The van der Waals surface area contributed by atoms with Gasteiger partial charge in [0.25, 0.3) is 5.56 Å². The Kier molecular flexibility index (Phi) is 3.79. The van der Waals surface area contributed by atoms with Crippen LogP contribution in [0.25, 0.3) is 16.1 Å². The maximum absolute atomic E-state index is 12.4. The SMILES string of the molecule is Cc1nn2c(=O)cc(CN3CCCCC3)[nH]c2c1-c1cccs1. The number of hydrogen-bond acceptors (Lipinski definition) is 4. The molecule has 120 valence electrons. The predicted molar refractivity (Wildman–Crippen MR) is 93.0 cm³/mol. The van der Waals surface area contributed by atoms with Crippen LogP contribution < -0.4 is 5.56 Å². The molecular formula is C17H20N4OS. The highest BCUT2D eigenvalue weighted by Crippen LogP contribution is 2.30. The van der Waals surface area contributed by atoms with E-state index in [1.807, 2.05) is 18.4 Å². The van der Waals surface area contributed by atoms with Crippen LogP contribution in [0.4, 0.5) is 0 Å². The fourth-order valence-corrected chi connectivity index (χ4v) is 4.18. The maximum atomic E-state index is 12.4. The van der Waals surface area contributed by atoms with Gasteiger partial charge in [0.1, 0.15) is 5.65 Å². The van der Waals surface area contributed by atoms with Crippen LogP contribution in [0.15, 0.2) is 28.4 Å². The number of thiophene rings is 1. The zero-order valence-corrected chi connectivity index (χ0v) is 14.0. The lowest BCUT2D eigenvalue weighted by Gasteiger charge is -2.26. The number of hydrogen-bond donors (Lipinski definition) is 1. The van der Waals surface area contributed by atoms with Gasteiger partial charge in [0, 0.05) is 23.2 Å². The first-order chi connectivity index (χ1) is 11.2. The van der Waals surface area contributed by atoms with E-state index in [1.54, 1.807) is 17.4 Å². The van der Waals surface area contributed by atoms with Gasteiger partial charge < -0.3 is 4.98 Å². The van der Waals surface area contributed by atoms with Crippen LogP contribution in [0.3, 0.4) is 0 Å². The Labute approximate surface area is 138 Å². The van der Waals surface area contributed by atoms with E-state index in [9.17, 15) is 4.79 Å². The van der Waals surface area contributed by atoms with Crippen molar-refractivity contribution in [2.45, 2.75) is 32.7 Å². The van der Waals surface area contributed by atoms with Crippen molar-refractivity contribution in [1.82, 2.24) is 19.5 Å². The maximum Gasteiger partial charge on any atom is 0.274 e. The third-order valence-corrected chi connectivity index (χ3v) is 5.34. The zero-order valence-electron chi connectivity index (χ0n) is 13.2. The first-order valence-electron chi connectivity index (χ1n) is 8.10. The van der Waals surface area contributed by atoms with Crippen molar-refractivity contribution in [3.63, 3.8) is 0 Å². The smallest absolute Gasteiger partial charge is 0.274 e. The molecule has 5 nitrogen and oxygen atoms in total. The molecule has 3 aromatic rings. The molecule has 1 aliphatic heterocycles. The largest absolute Gasteiger partial charge is 0.342 e. The van der Waals surface area contributed by atoms with Crippen LogP contribution in [-0.4, -0.2) is 32.6 Å². The fraction of sp³-hybridized carbons (Fsp3) is 0.412. The Morgan fingerprint density at radius 2 is 2.13 bits per heavy atom. The van der Waals surface area contributed by atoms with Crippen molar-refractivity contribution in [3.8, 4) is 10.4 Å². The van der Waals surface area contributed by atoms with Crippen LogP contribution in [0.1, 0.15) is 30.7 Å². The van der Waals surface area contributed by atoms with Crippen molar-refractivity contribution in [2.75, 3.05) is 13.1 Å². The number of nitrogens with zero attached hydrogens (tertiary/aromatic N) is 3. The van der Waals surface area contributed by atoms with E-state index in [2.05, 4.69) is 21.0 Å². The number of rotatable bonds is 3. The highest BCUT2D eigenvalue weighted by Gasteiger charge is 2.17. The minimum atomic E-state index is -0.0586. The van der Waals surface area contributed by atoms with Gasteiger partial charge in [-0.05, 0) is 44.3 Å². The molecule has 0 radical (unpaired) electrons. The quantitative estimate of drug-likeness (QED) is 0.804. The Bertz CT molecular complexity index is 872. The first kappa shape index (κ1) is 14.7. The molecule has 1 fully saturated rings. The summed E-state index contributed by atoms with van der Waals surface area (Å²) in [6, 6.07) is 5.79. The molecule has 0 saturated carbocycles. The number of aryl methyl sites for hydroxylation is 1. The predicted octanol–water partition coefficient (Wildman–Crippen LogP) is 3.05. The second kappa shape index (κ2) is 5.94. The van der Waals surface area contributed by atoms with Crippen molar-refractivity contribution < 1.29 is 0 Å². The van der Waals surface area contributed by atoms with Gasteiger partial charge in [-0.15, -0.1) is 11.3 Å². The second-order valence-corrected chi connectivity index (χ2v) is 7.12. The van der Waals surface area contributed by atoms with E-state index in [0.29, 0.717) is 0 Å². The minimum absolute atomic E-state index is 0.0586. The first-order valence-corrected chi connectivity index (χ1v) is 8.98. The average Bonchev–Trinajstić information content (AvgIpc) is 3.15. The van der Waals surface area contributed by atoms with E-state index in [-0.39, 0.29) is 5.56 Å². The van der Waals surface area contributed by atoms with E-state index in [1.165, 1.54) is 23.8 Å². The number of aromatic nitrogens is 3. The third kappa shape index (κ3) is 2.72. The molecule has 0 aromatic carbocycles. The van der Waals surface area contributed by atoms with Gasteiger partial charge in [-0.1, -0.05) is 12.5 Å². The number of H-pyrrole nitrogens is 1. The topological polar surface area (TPSA) is 53.4 Å². The molecule has 1 aliphatic rings. The Hall–Kier alpha value is -1.92. The summed E-state index contributed by atoms with van der Waals surface area (Å²) in [6.07, 6.45) is 3.81. The molecule has 0 spiro atoms. The number of piperidine rings is 1. The van der Waals surface area contributed by atoms with Crippen molar-refractivity contribution in [3.05, 3.63) is 45.3 Å². The molecule has 0 unspecified atom stereocenters. The number of fused-ring (bicyclic) bond motifs is 1. The number of aromatic amines is 1.